The van der Waals surface area contributed by atoms with E-state index in [-0.39, 0.29) is 5.91 Å². The molecule has 1 amide bonds. The number of aromatic nitrogens is 3. The van der Waals surface area contributed by atoms with Crippen molar-refractivity contribution in [2.75, 3.05) is 12.3 Å². The van der Waals surface area contributed by atoms with Crippen LogP contribution in [-0.2, 0) is 31.4 Å². The van der Waals surface area contributed by atoms with Gasteiger partial charge in [0.2, 0.25) is 5.91 Å². The standard InChI is InChI=1S/C21H21ClN4O2S/c1-25-19(13-28-18-8-6-17(22)7-9-18)23-24-21(25)29-14-20(27)26-11-10-15-4-2-3-5-16(15)12-26/h2-9H,10-14H2,1H3. The molecular weight excluding hydrogens is 408 g/mol. The van der Waals surface area contributed by atoms with Crippen molar-refractivity contribution in [3.05, 3.63) is 70.5 Å². The lowest BCUT2D eigenvalue weighted by Gasteiger charge is -2.28. The molecule has 0 atom stereocenters. The average molecular weight is 429 g/mol. The highest BCUT2D eigenvalue weighted by molar-refractivity contribution is 7.99. The Morgan fingerprint density at radius 3 is 2.69 bits per heavy atom. The second kappa shape index (κ2) is 8.88. The van der Waals surface area contributed by atoms with Gasteiger partial charge in [0.25, 0.3) is 0 Å². The van der Waals surface area contributed by atoms with Gasteiger partial charge in [-0.1, -0.05) is 47.6 Å². The van der Waals surface area contributed by atoms with Crippen molar-refractivity contribution in [2.24, 2.45) is 7.05 Å². The molecule has 29 heavy (non-hydrogen) atoms. The van der Waals surface area contributed by atoms with Crippen molar-refractivity contribution in [1.82, 2.24) is 19.7 Å². The van der Waals surface area contributed by atoms with Gasteiger partial charge in [-0.2, -0.15) is 0 Å². The minimum absolute atomic E-state index is 0.117. The van der Waals surface area contributed by atoms with Gasteiger partial charge < -0.3 is 14.2 Å². The van der Waals surface area contributed by atoms with E-state index in [1.165, 1.54) is 22.9 Å². The lowest BCUT2D eigenvalue weighted by atomic mass is 10.00. The summed E-state index contributed by atoms with van der Waals surface area (Å²) in [5.41, 5.74) is 2.57. The van der Waals surface area contributed by atoms with Gasteiger partial charge in [-0.25, -0.2) is 0 Å². The first-order valence-electron chi connectivity index (χ1n) is 9.34. The highest BCUT2D eigenvalue weighted by Gasteiger charge is 2.21. The third-order valence-corrected chi connectivity index (χ3v) is 6.17. The Morgan fingerprint density at radius 1 is 1.14 bits per heavy atom. The molecule has 0 unspecified atom stereocenters. The van der Waals surface area contributed by atoms with Gasteiger partial charge in [0.1, 0.15) is 12.4 Å². The van der Waals surface area contributed by atoms with Crippen molar-refractivity contribution >= 4 is 29.3 Å². The summed E-state index contributed by atoms with van der Waals surface area (Å²) in [5, 5.41) is 9.75. The molecule has 6 nitrogen and oxygen atoms in total. The number of fused-ring (bicyclic) bond motifs is 1. The zero-order chi connectivity index (χ0) is 20.2. The van der Waals surface area contributed by atoms with Gasteiger partial charge in [0.05, 0.1) is 5.75 Å². The highest BCUT2D eigenvalue weighted by Crippen LogP contribution is 2.22. The van der Waals surface area contributed by atoms with Crippen LogP contribution in [0.3, 0.4) is 0 Å². The van der Waals surface area contributed by atoms with Gasteiger partial charge >= 0.3 is 0 Å². The summed E-state index contributed by atoms with van der Waals surface area (Å²) in [6.07, 6.45) is 0.905. The van der Waals surface area contributed by atoms with E-state index in [9.17, 15) is 4.79 Å². The number of hydrogen-bond acceptors (Lipinski definition) is 5. The Hall–Kier alpha value is -2.51. The largest absolute Gasteiger partial charge is 0.486 e. The molecule has 0 aliphatic carbocycles. The monoisotopic (exact) mass is 428 g/mol. The molecule has 0 saturated heterocycles. The van der Waals surface area contributed by atoms with E-state index < -0.39 is 0 Å². The lowest BCUT2D eigenvalue weighted by Crippen LogP contribution is -2.37. The summed E-state index contributed by atoms with van der Waals surface area (Å²) in [7, 11) is 1.88. The first-order valence-corrected chi connectivity index (χ1v) is 10.7. The Bertz CT molecular complexity index is 1010. The molecule has 4 rings (SSSR count). The number of hydrogen-bond donors (Lipinski definition) is 0. The molecule has 0 N–H and O–H groups in total. The summed E-state index contributed by atoms with van der Waals surface area (Å²) in [6, 6.07) is 15.5. The number of benzene rings is 2. The fourth-order valence-corrected chi connectivity index (χ4v) is 4.16. The van der Waals surface area contributed by atoms with Crippen molar-refractivity contribution < 1.29 is 9.53 Å². The molecule has 3 aromatic rings. The molecule has 1 aliphatic heterocycles. The summed E-state index contributed by atoms with van der Waals surface area (Å²) in [5.74, 6) is 1.87. The molecule has 1 aromatic heterocycles. The number of rotatable bonds is 6. The highest BCUT2D eigenvalue weighted by atomic mass is 35.5. The van der Waals surface area contributed by atoms with E-state index in [0.717, 1.165) is 13.0 Å². The predicted octanol–water partition coefficient (Wildman–Crippen LogP) is 3.72. The maximum Gasteiger partial charge on any atom is 0.233 e. The Morgan fingerprint density at radius 2 is 1.90 bits per heavy atom. The van der Waals surface area contributed by atoms with Crippen LogP contribution in [0.1, 0.15) is 17.0 Å². The summed E-state index contributed by atoms with van der Waals surface area (Å²) >= 11 is 7.28. The SMILES string of the molecule is Cn1c(COc2ccc(Cl)cc2)nnc1SCC(=O)N1CCc2ccccc2C1. The molecule has 0 saturated carbocycles. The van der Waals surface area contributed by atoms with Crippen molar-refractivity contribution in [3.8, 4) is 5.75 Å². The van der Waals surface area contributed by atoms with E-state index in [0.29, 0.717) is 40.7 Å². The summed E-state index contributed by atoms with van der Waals surface area (Å²) in [6.45, 7) is 1.73. The molecule has 0 spiro atoms. The van der Waals surface area contributed by atoms with Crippen LogP contribution >= 0.6 is 23.4 Å². The van der Waals surface area contributed by atoms with Crippen molar-refractivity contribution in [3.63, 3.8) is 0 Å². The molecule has 150 valence electrons. The number of ether oxygens (including phenoxy) is 1. The molecule has 0 fully saturated rings. The zero-order valence-corrected chi connectivity index (χ0v) is 17.6. The van der Waals surface area contributed by atoms with Crippen molar-refractivity contribution in [1.29, 1.82) is 0 Å². The number of carbonyl (C=O) groups is 1. The molecule has 1 aliphatic rings. The van der Waals surface area contributed by atoms with Crippen LogP contribution in [0.5, 0.6) is 5.75 Å². The molecule has 2 aromatic carbocycles. The Kier molecular flexibility index (Phi) is 6.06. The van der Waals surface area contributed by atoms with E-state index >= 15 is 0 Å². The maximum absolute atomic E-state index is 12.6. The first kappa shape index (κ1) is 19.8. The van der Waals surface area contributed by atoms with E-state index in [1.54, 1.807) is 12.1 Å². The zero-order valence-electron chi connectivity index (χ0n) is 16.0. The van der Waals surface area contributed by atoms with Crippen LogP contribution in [0.2, 0.25) is 5.02 Å². The fourth-order valence-electron chi connectivity index (χ4n) is 3.20. The fraction of sp³-hybridized carbons (Fsp3) is 0.286. The lowest BCUT2D eigenvalue weighted by molar-refractivity contribution is -0.129. The first-order chi connectivity index (χ1) is 14.1. The normalized spacial score (nSPS) is 13.2. The van der Waals surface area contributed by atoms with Gasteiger partial charge in [-0.3, -0.25) is 4.79 Å². The van der Waals surface area contributed by atoms with E-state index in [2.05, 4.69) is 28.4 Å². The molecular formula is C21H21ClN4O2S. The summed E-state index contributed by atoms with van der Waals surface area (Å²) in [4.78, 5) is 14.6. The van der Waals surface area contributed by atoms with E-state index in [4.69, 9.17) is 16.3 Å². The number of thioether (sulfide) groups is 1. The third-order valence-electron chi connectivity index (χ3n) is 4.91. The Labute approximate surface area is 178 Å². The van der Waals surface area contributed by atoms with Crippen LogP contribution in [0.4, 0.5) is 0 Å². The average Bonchev–Trinajstić information content (AvgIpc) is 3.10. The minimum atomic E-state index is 0.117. The van der Waals surface area contributed by atoms with Gasteiger partial charge in [-0.05, 0) is 41.8 Å². The smallest absolute Gasteiger partial charge is 0.233 e. The third kappa shape index (κ3) is 4.74. The molecule has 2 heterocycles. The topological polar surface area (TPSA) is 60.2 Å². The van der Waals surface area contributed by atoms with Crippen LogP contribution in [-0.4, -0.2) is 37.9 Å². The van der Waals surface area contributed by atoms with Crippen molar-refractivity contribution in [2.45, 2.75) is 24.7 Å². The predicted molar refractivity (Wildman–Crippen MR) is 113 cm³/mol. The molecule has 0 bridgehead atoms. The number of amides is 1. The van der Waals surface area contributed by atoms with Crippen LogP contribution in [0.15, 0.2) is 53.7 Å². The quantitative estimate of drug-likeness (QED) is 0.560. The van der Waals surface area contributed by atoms with E-state index in [1.807, 2.05) is 34.7 Å². The van der Waals surface area contributed by atoms with Crippen LogP contribution in [0, 0.1) is 0 Å². The Balaban J connectivity index is 1.31. The number of halogens is 1. The van der Waals surface area contributed by atoms with Gasteiger partial charge in [-0.15, -0.1) is 10.2 Å². The minimum Gasteiger partial charge on any atom is -0.486 e. The molecule has 0 radical (unpaired) electrons. The van der Waals surface area contributed by atoms with Gasteiger partial charge in [0.15, 0.2) is 11.0 Å². The second-order valence-electron chi connectivity index (χ2n) is 6.82. The second-order valence-corrected chi connectivity index (χ2v) is 8.20. The summed E-state index contributed by atoms with van der Waals surface area (Å²) < 4.78 is 7.59. The maximum atomic E-state index is 12.6. The van der Waals surface area contributed by atoms with Crippen LogP contribution < -0.4 is 4.74 Å². The molecule has 8 heteroatoms. The van der Waals surface area contributed by atoms with Crippen LogP contribution in [0.25, 0.3) is 0 Å². The number of nitrogens with zero attached hydrogens (tertiary/aromatic N) is 4. The van der Waals surface area contributed by atoms with Gasteiger partial charge in [0, 0.05) is 25.2 Å². The number of carbonyl (C=O) groups excluding carboxylic acids is 1.